The van der Waals surface area contributed by atoms with E-state index in [1.807, 2.05) is 25.1 Å². The molecule has 2 aromatic heterocycles. The molecule has 52 heavy (non-hydrogen) atoms. The average molecular weight is 710 g/mol. The van der Waals surface area contributed by atoms with Crippen LogP contribution in [0.5, 0.6) is 17.2 Å². The number of carbonyl (C=O) groups is 2. The molecule has 7 rings (SSSR count). The molecule has 1 N–H and O–H groups in total. The molecule has 3 heterocycles. The zero-order chi connectivity index (χ0) is 37.8. The molecule has 0 radical (unpaired) electrons. The van der Waals surface area contributed by atoms with Gasteiger partial charge in [-0.3, -0.25) is 14.4 Å². The number of Topliss-reactive ketones (excluding diaryl/α,β-unsaturated/α-hetero) is 2. The Balaban J connectivity index is 1.34. The number of ketones is 2. The van der Waals surface area contributed by atoms with E-state index in [9.17, 15) is 29.1 Å². The van der Waals surface area contributed by atoms with E-state index < -0.39 is 34.2 Å². The van der Waals surface area contributed by atoms with Crippen molar-refractivity contribution >= 4 is 22.6 Å². The summed E-state index contributed by atoms with van der Waals surface area (Å²) in [6.07, 6.45) is 2.03. The fourth-order valence-corrected chi connectivity index (χ4v) is 9.06. The van der Waals surface area contributed by atoms with Crippen LogP contribution in [0.15, 0.2) is 61.4 Å². The number of phenolic OH excluding ortho intramolecular Hbond substituents is 1. The first kappa shape index (κ1) is 35.0. The Morgan fingerprint density at radius 3 is 2.13 bits per heavy atom. The Bertz CT molecular complexity index is 2490. The molecular weight excluding hydrogens is 666 g/mol. The van der Waals surface area contributed by atoms with Gasteiger partial charge in [0.1, 0.15) is 11.4 Å². The average Bonchev–Trinajstić information content (AvgIpc) is 3.37. The maximum atomic E-state index is 14.5. The van der Waals surface area contributed by atoms with Gasteiger partial charge < -0.3 is 19.1 Å². The van der Waals surface area contributed by atoms with Crippen molar-refractivity contribution in [2.45, 2.75) is 79.4 Å². The first-order valence-corrected chi connectivity index (χ1v) is 17.3. The van der Waals surface area contributed by atoms with Gasteiger partial charge in [-0.25, -0.2) is 28.5 Å². The van der Waals surface area contributed by atoms with E-state index in [2.05, 4.69) is 4.98 Å². The number of aromatic hydroxyl groups is 1. The van der Waals surface area contributed by atoms with Gasteiger partial charge in [0.25, 0.3) is 5.56 Å². The number of aromatic nitrogens is 5. The summed E-state index contributed by atoms with van der Waals surface area (Å²) in [5.41, 5.74) is 0.838. The van der Waals surface area contributed by atoms with Gasteiger partial charge in [0, 0.05) is 43.5 Å². The normalized spacial score (nSPS) is 24.1. The monoisotopic (exact) mass is 709 g/mol. The minimum absolute atomic E-state index is 0.00178. The third kappa shape index (κ3) is 4.53. The van der Waals surface area contributed by atoms with Crippen molar-refractivity contribution in [3.05, 3.63) is 101 Å². The third-order valence-electron chi connectivity index (χ3n) is 12.3. The Labute approximate surface area is 299 Å². The SMILES string of the molecule is COc1cc2nc(CCn3c(=O)n4n(c3=O)C3CC5(C)C(=O)C(C)=C(C)C(=O)C5(C)C(c5cc(C)c(O)c(C)c5)C3=CC4)c(=O)n(C)c2cc1OC. The molecule has 2 aliphatic carbocycles. The minimum Gasteiger partial charge on any atom is -0.507 e. The van der Waals surface area contributed by atoms with Crippen molar-refractivity contribution in [2.24, 2.45) is 17.9 Å². The number of nitrogens with zero attached hydrogens (tertiary/aromatic N) is 5. The minimum atomic E-state index is -1.23. The number of fused-ring (bicyclic) bond motifs is 5. The highest BCUT2D eigenvalue weighted by Gasteiger charge is 2.66. The molecule has 4 atom stereocenters. The summed E-state index contributed by atoms with van der Waals surface area (Å²) in [6.45, 7) is 10.6. The molecule has 13 heteroatoms. The quantitative estimate of drug-likeness (QED) is 0.294. The summed E-state index contributed by atoms with van der Waals surface area (Å²) in [4.78, 5) is 75.2. The first-order chi connectivity index (χ1) is 24.5. The van der Waals surface area contributed by atoms with E-state index in [4.69, 9.17) is 9.47 Å². The first-order valence-electron chi connectivity index (χ1n) is 17.3. The van der Waals surface area contributed by atoms with Crippen LogP contribution in [0.2, 0.25) is 0 Å². The number of ether oxygens (including phenoxy) is 2. The van der Waals surface area contributed by atoms with Crippen molar-refractivity contribution in [3.8, 4) is 17.2 Å². The van der Waals surface area contributed by atoms with E-state index in [1.54, 1.807) is 53.8 Å². The molecule has 4 aromatic rings. The van der Waals surface area contributed by atoms with Crippen LogP contribution in [0.3, 0.4) is 0 Å². The molecule has 0 saturated heterocycles. The van der Waals surface area contributed by atoms with Gasteiger partial charge in [-0.05, 0) is 67.5 Å². The number of hydrogen-bond donors (Lipinski definition) is 1. The lowest BCUT2D eigenvalue weighted by atomic mass is 9.43. The molecule has 1 saturated carbocycles. The van der Waals surface area contributed by atoms with Crippen LogP contribution in [0.25, 0.3) is 11.0 Å². The second-order valence-corrected chi connectivity index (χ2v) is 14.8. The highest BCUT2D eigenvalue weighted by Crippen LogP contribution is 2.66. The Morgan fingerprint density at radius 2 is 1.50 bits per heavy atom. The second-order valence-electron chi connectivity index (χ2n) is 14.8. The molecule has 0 bridgehead atoms. The second kappa shape index (κ2) is 11.8. The van der Waals surface area contributed by atoms with E-state index >= 15 is 0 Å². The maximum Gasteiger partial charge on any atom is 0.347 e. The zero-order valence-corrected chi connectivity index (χ0v) is 30.9. The van der Waals surface area contributed by atoms with Gasteiger partial charge in [-0.1, -0.05) is 32.1 Å². The van der Waals surface area contributed by atoms with E-state index in [1.165, 1.54) is 28.2 Å². The van der Waals surface area contributed by atoms with E-state index in [0.717, 1.165) is 15.7 Å². The van der Waals surface area contributed by atoms with Crippen molar-refractivity contribution in [1.29, 1.82) is 0 Å². The van der Waals surface area contributed by atoms with Crippen LogP contribution in [0.1, 0.15) is 68.5 Å². The fourth-order valence-electron chi connectivity index (χ4n) is 9.06. The molecule has 4 unspecified atom stereocenters. The summed E-state index contributed by atoms with van der Waals surface area (Å²) >= 11 is 0. The molecule has 0 spiro atoms. The predicted octanol–water partition coefficient (Wildman–Crippen LogP) is 3.81. The number of carbonyl (C=O) groups excluding carboxylic acids is 2. The Kier molecular flexibility index (Phi) is 7.93. The lowest BCUT2D eigenvalue weighted by Gasteiger charge is -2.58. The van der Waals surface area contributed by atoms with Crippen molar-refractivity contribution in [1.82, 2.24) is 23.5 Å². The van der Waals surface area contributed by atoms with Gasteiger partial charge in [0.2, 0.25) is 0 Å². The van der Waals surface area contributed by atoms with Crippen LogP contribution in [-0.4, -0.2) is 54.4 Å². The molecular formula is C39H43N5O8. The van der Waals surface area contributed by atoms with Crippen molar-refractivity contribution in [3.63, 3.8) is 0 Å². The molecule has 0 amide bonds. The summed E-state index contributed by atoms with van der Waals surface area (Å²) < 4.78 is 16.2. The van der Waals surface area contributed by atoms with Gasteiger partial charge in [0.15, 0.2) is 23.1 Å². The molecule has 2 aromatic carbocycles. The summed E-state index contributed by atoms with van der Waals surface area (Å²) in [6, 6.07) is 6.31. The fraction of sp³-hybridized carbons (Fsp3) is 0.436. The van der Waals surface area contributed by atoms with Crippen molar-refractivity contribution in [2.75, 3.05) is 14.2 Å². The summed E-state index contributed by atoms with van der Waals surface area (Å²) in [5.74, 6) is 0.111. The van der Waals surface area contributed by atoms with Gasteiger partial charge in [0.05, 0.1) is 43.3 Å². The number of benzene rings is 2. The number of aryl methyl sites for hydroxylation is 4. The summed E-state index contributed by atoms with van der Waals surface area (Å²) in [5, 5.41) is 10.7. The van der Waals surface area contributed by atoms with Crippen LogP contribution >= 0.6 is 0 Å². The Hall–Kier alpha value is -5.46. The van der Waals surface area contributed by atoms with Crippen LogP contribution < -0.4 is 26.4 Å². The Morgan fingerprint density at radius 1 is 0.885 bits per heavy atom. The summed E-state index contributed by atoms with van der Waals surface area (Å²) in [7, 11) is 4.63. The molecule has 1 aliphatic heterocycles. The van der Waals surface area contributed by atoms with E-state index in [0.29, 0.717) is 44.8 Å². The largest absolute Gasteiger partial charge is 0.507 e. The number of phenols is 1. The maximum absolute atomic E-state index is 14.5. The smallest absolute Gasteiger partial charge is 0.347 e. The highest BCUT2D eigenvalue weighted by molar-refractivity contribution is 6.17. The number of rotatable bonds is 6. The highest BCUT2D eigenvalue weighted by atomic mass is 16.5. The van der Waals surface area contributed by atoms with Crippen LogP contribution in [-0.2, 0) is 36.1 Å². The molecule has 1 fully saturated rings. The van der Waals surface area contributed by atoms with Gasteiger partial charge in [-0.15, -0.1) is 0 Å². The molecule has 272 valence electrons. The molecule has 3 aliphatic rings. The lowest BCUT2D eigenvalue weighted by molar-refractivity contribution is -0.151. The number of hydrogen-bond acceptors (Lipinski definition) is 9. The van der Waals surface area contributed by atoms with Crippen LogP contribution in [0.4, 0.5) is 0 Å². The number of allylic oxidation sites excluding steroid dienone is 4. The standard InChI is InChI=1S/C39H43N5O8/c1-19-14-23(15-20(2)32(19)45)31-24-10-13-43-36(49)42(12-11-25-35(48)41(7)27-17-30(52-9)29(51-8)16-26(27)40-25)37(50)44(43)28(24)18-38(5)33(46)21(3)22(4)34(47)39(31,38)6/h10,14-17,28,31,45H,11-13,18H2,1-9H3. The van der Waals surface area contributed by atoms with Crippen LogP contribution in [0, 0.1) is 24.7 Å². The lowest BCUT2D eigenvalue weighted by Crippen LogP contribution is -2.61. The zero-order valence-electron chi connectivity index (χ0n) is 30.9. The molecule has 13 nitrogen and oxygen atoms in total. The van der Waals surface area contributed by atoms with E-state index in [-0.39, 0.29) is 54.5 Å². The van der Waals surface area contributed by atoms with Crippen molar-refractivity contribution < 1.29 is 24.2 Å². The van der Waals surface area contributed by atoms with Gasteiger partial charge in [-0.2, -0.15) is 0 Å². The number of methoxy groups -OCH3 is 2. The third-order valence-corrected chi connectivity index (χ3v) is 12.3. The van der Waals surface area contributed by atoms with Gasteiger partial charge >= 0.3 is 11.4 Å². The predicted molar refractivity (Wildman–Crippen MR) is 193 cm³/mol. The topological polar surface area (TPSA) is 157 Å².